The average molecular weight is 442 g/mol. The Morgan fingerprint density at radius 1 is 1.17 bits per heavy atom. The number of hydrogen-bond acceptors (Lipinski definition) is 4. The number of halogens is 3. The highest BCUT2D eigenvalue weighted by atomic mass is 35.5. The van der Waals surface area contributed by atoms with Crippen molar-refractivity contribution in [1.29, 1.82) is 5.41 Å². The van der Waals surface area contributed by atoms with E-state index in [2.05, 4.69) is 5.32 Å². The van der Waals surface area contributed by atoms with Crippen LogP contribution in [0.25, 0.3) is 0 Å². The number of ether oxygens (including phenoxy) is 2. The molecule has 0 aliphatic heterocycles. The maximum absolute atomic E-state index is 14.9. The summed E-state index contributed by atoms with van der Waals surface area (Å²) in [6.45, 7) is 5.26. The van der Waals surface area contributed by atoms with E-state index in [1.165, 1.54) is 6.07 Å². The quantitative estimate of drug-likeness (QED) is 0.406. The minimum atomic E-state index is -1.47. The number of carbonyl (C=O) groups is 1. The van der Waals surface area contributed by atoms with Crippen LogP contribution >= 0.6 is 12.4 Å². The van der Waals surface area contributed by atoms with Crippen molar-refractivity contribution in [3.63, 3.8) is 0 Å². The molecule has 0 spiro atoms. The van der Waals surface area contributed by atoms with E-state index in [-0.39, 0.29) is 43.2 Å². The number of carbonyl (C=O) groups excluding carboxylic acids is 1. The van der Waals surface area contributed by atoms with Crippen LogP contribution in [0.3, 0.4) is 0 Å². The van der Waals surface area contributed by atoms with E-state index < -0.39 is 29.2 Å². The van der Waals surface area contributed by atoms with Gasteiger partial charge in [-0.05, 0) is 38.5 Å². The van der Waals surface area contributed by atoms with Crippen LogP contribution in [-0.4, -0.2) is 24.5 Å². The SMILES string of the molecule is CCOC(C(=O)NCc1ccc(C(=N)N)cc1)c1c(F)ccc(OC(C)C)c1F.Cl. The van der Waals surface area contributed by atoms with Gasteiger partial charge in [-0.2, -0.15) is 0 Å². The topological polar surface area (TPSA) is 97.4 Å². The average Bonchev–Trinajstić information content (AvgIpc) is 2.67. The van der Waals surface area contributed by atoms with Gasteiger partial charge in [-0.25, -0.2) is 8.78 Å². The zero-order chi connectivity index (χ0) is 21.6. The molecule has 0 saturated heterocycles. The largest absolute Gasteiger partial charge is 0.488 e. The van der Waals surface area contributed by atoms with E-state index in [0.29, 0.717) is 5.56 Å². The Morgan fingerprint density at radius 3 is 2.33 bits per heavy atom. The highest BCUT2D eigenvalue weighted by molar-refractivity contribution is 5.94. The molecule has 1 amide bonds. The van der Waals surface area contributed by atoms with Gasteiger partial charge in [0.2, 0.25) is 0 Å². The second-order valence-corrected chi connectivity index (χ2v) is 6.60. The van der Waals surface area contributed by atoms with Crippen LogP contribution in [0, 0.1) is 17.0 Å². The maximum Gasteiger partial charge on any atom is 0.254 e. The summed E-state index contributed by atoms with van der Waals surface area (Å²) in [7, 11) is 0. The van der Waals surface area contributed by atoms with Gasteiger partial charge in [0.15, 0.2) is 17.7 Å². The second-order valence-electron chi connectivity index (χ2n) is 6.60. The molecule has 30 heavy (non-hydrogen) atoms. The van der Waals surface area contributed by atoms with E-state index >= 15 is 0 Å². The van der Waals surface area contributed by atoms with Crippen molar-refractivity contribution in [1.82, 2.24) is 5.32 Å². The Kier molecular flexibility index (Phi) is 9.68. The molecule has 1 unspecified atom stereocenters. The molecule has 164 valence electrons. The first-order valence-electron chi connectivity index (χ1n) is 9.21. The molecule has 0 bridgehead atoms. The van der Waals surface area contributed by atoms with Crippen LogP contribution in [0.5, 0.6) is 5.75 Å². The first-order chi connectivity index (χ1) is 13.7. The fraction of sp³-hybridized carbons (Fsp3) is 0.333. The lowest BCUT2D eigenvalue weighted by Crippen LogP contribution is -2.32. The minimum Gasteiger partial charge on any atom is -0.488 e. The summed E-state index contributed by atoms with van der Waals surface area (Å²) in [6.07, 6.45) is -1.78. The van der Waals surface area contributed by atoms with Crippen LogP contribution in [0.1, 0.15) is 43.6 Å². The lowest BCUT2D eigenvalue weighted by Gasteiger charge is -2.20. The van der Waals surface area contributed by atoms with Crippen molar-refractivity contribution in [2.24, 2.45) is 5.73 Å². The number of amidine groups is 1. The van der Waals surface area contributed by atoms with Crippen molar-refractivity contribution >= 4 is 24.1 Å². The van der Waals surface area contributed by atoms with Crippen LogP contribution in [0.4, 0.5) is 8.78 Å². The Labute approximate surface area is 180 Å². The third-order valence-corrected chi connectivity index (χ3v) is 4.02. The van der Waals surface area contributed by atoms with Gasteiger partial charge < -0.3 is 20.5 Å². The summed E-state index contributed by atoms with van der Waals surface area (Å²) in [5.41, 5.74) is 6.21. The molecule has 2 rings (SSSR count). The monoisotopic (exact) mass is 441 g/mol. The fourth-order valence-electron chi connectivity index (χ4n) is 2.68. The van der Waals surface area contributed by atoms with Gasteiger partial charge in [-0.3, -0.25) is 10.2 Å². The van der Waals surface area contributed by atoms with Gasteiger partial charge >= 0.3 is 0 Å². The molecular formula is C21H26ClF2N3O3. The number of nitrogens with two attached hydrogens (primary N) is 1. The number of rotatable bonds is 9. The van der Waals surface area contributed by atoms with Gasteiger partial charge in [-0.1, -0.05) is 24.3 Å². The highest BCUT2D eigenvalue weighted by Gasteiger charge is 2.29. The normalized spacial score (nSPS) is 11.5. The molecule has 2 aromatic carbocycles. The maximum atomic E-state index is 14.9. The third kappa shape index (κ3) is 6.40. The lowest BCUT2D eigenvalue weighted by atomic mass is 10.1. The standard InChI is InChI=1S/C21H25F2N3O3.ClH/c1-4-28-19(17-15(22)9-10-16(18(17)23)29-12(2)3)21(27)26-11-13-5-7-14(8-6-13)20(24)25;/h5-10,12,19H,4,11H2,1-3H3,(H3,24,25)(H,26,27);1H. The number of benzene rings is 2. The Morgan fingerprint density at radius 2 is 1.80 bits per heavy atom. The van der Waals surface area contributed by atoms with Crippen molar-refractivity contribution in [3.05, 3.63) is 64.7 Å². The smallest absolute Gasteiger partial charge is 0.254 e. The summed E-state index contributed by atoms with van der Waals surface area (Å²) >= 11 is 0. The van der Waals surface area contributed by atoms with Crippen molar-refractivity contribution in [2.75, 3.05) is 6.61 Å². The summed E-state index contributed by atoms with van der Waals surface area (Å²) in [4.78, 5) is 12.7. The predicted molar refractivity (Wildman–Crippen MR) is 113 cm³/mol. The summed E-state index contributed by atoms with van der Waals surface area (Å²) in [6, 6.07) is 8.93. The van der Waals surface area contributed by atoms with E-state index in [4.69, 9.17) is 20.6 Å². The number of nitrogens with one attached hydrogen (secondary N) is 2. The first-order valence-corrected chi connectivity index (χ1v) is 9.21. The van der Waals surface area contributed by atoms with Gasteiger partial charge in [-0.15, -0.1) is 12.4 Å². The second kappa shape index (κ2) is 11.5. The molecule has 0 heterocycles. The van der Waals surface area contributed by atoms with Crippen molar-refractivity contribution < 1.29 is 23.0 Å². The third-order valence-electron chi connectivity index (χ3n) is 4.02. The fourth-order valence-corrected chi connectivity index (χ4v) is 2.68. The molecule has 0 radical (unpaired) electrons. The van der Waals surface area contributed by atoms with Gasteiger partial charge in [0.05, 0.1) is 11.7 Å². The van der Waals surface area contributed by atoms with Gasteiger partial charge in [0.1, 0.15) is 11.7 Å². The summed E-state index contributed by atoms with van der Waals surface area (Å²) < 4.78 is 40.0. The summed E-state index contributed by atoms with van der Waals surface area (Å²) in [5.74, 6) is -2.74. The van der Waals surface area contributed by atoms with E-state index in [9.17, 15) is 13.6 Å². The highest BCUT2D eigenvalue weighted by Crippen LogP contribution is 2.31. The zero-order valence-corrected chi connectivity index (χ0v) is 17.8. The number of nitrogen functional groups attached to an aromatic ring is 1. The van der Waals surface area contributed by atoms with Crippen molar-refractivity contribution in [3.8, 4) is 5.75 Å². The summed E-state index contributed by atoms with van der Waals surface area (Å²) in [5, 5.41) is 10.0. The molecule has 0 aromatic heterocycles. The molecule has 1 atom stereocenters. The van der Waals surface area contributed by atoms with E-state index in [0.717, 1.165) is 11.6 Å². The molecule has 9 heteroatoms. The number of amides is 1. The van der Waals surface area contributed by atoms with Crippen LogP contribution < -0.4 is 15.8 Å². The van der Waals surface area contributed by atoms with Crippen LogP contribution in [-0.2, 0) is 16.1 Å². The number of hydrogen-bond donors (Lipinski definition) is 3. The molecule has 0 fully saturated rings. The lowest BCUT2D eigenvalue weighted by molar-refractivity contribution is -0.133. The Hall–Kier alpha value is -2.71. The minimum absolute atomic E-state index is 0. The molecule has 4 N–H and O–H groups in total. The predicted octanol–water partition coefficient (Wildman–Crippen LogP) is 3.85. The first kappa shape index (κ1) is 25.3. The molecule has 0 saturated carbocycles. The van der Waals surface area contributed by atoms with Gasteiger partial charge in [0, 0.05) is 18.7 Å². The Balaban J connectivity index is 0.00000450. The zero-order valence-electron chi connectivity index (χ0n) is 17.0. The molecule has 2 aromatic rings. The molecule has 0 aliphatic carbocycles. The van der Waals surface area contributed by atoms with Crippen molar-refractivity contribution in [2.45, 2.75) is 39.5 Å². The molecule has 0 aliphatic rings. The van der Waals surface area contributed by atoms with Crippen LogP contribution in [0.15, 0.2) is 36.4 Å². The Bertz CT molecular complexity index is 877. The molecular weight excluding hydrogens is 416 g/mol. The van der Waals surface area contributed by atoms with Crippen LogP contribution in [0.2, 0.25) is 0 Å². The van der Waals surface area contributed by atoms with Gasteiger partial charge in [0.25, 0.3) is 5.91 Å². The van der Waals surface area contributed by atoms with E-state index in [1.807, 2.05) is 0 Å². The molecule has 6 nitrogen and oxygen atoms in total. The van der Waals surface area contributed by atoms with E-state index in [1.54, 1.807) is 45.0 Å².